The van der Waals surface area contributed by atoms with E-state index in [9.17, 15) is 14.4 Å². The van der Waals surface area contributed by atoms with Gasteiger partial charge in [-0.05, 0) is 6.42 Å². The van der Waals surface area contributed by atoms with Gasteiger partial charge in [-0.1, -0.05) is 0 Å². The lowest BCUT2D eigenvalue weighted by atomic mass is 10.2. The third-order valence-corrected chi connectivity index (χ3v) is 2.77. The SMILES string of the molecule is O=C1CN(C(=O)[C@H]2C[C@H]2C(=O)O)CCN1. The molecule has 0 aromatic heterocycles. The highest BCUT2D eigenvalue weighted by Crippen LogP contribution is 2.40. The van der Waals surface area contributed by atoms with Crippen molar-refractivity contribution in [3.05, 3.63) is 0 Å². The highest BCUT2D eigenvalue weighted by atomic mass is 16.4. The number of rotatable bonds is 2. The van der Waals surface area contributed by atoms with Gasteiger partial charge in [-0.15, -0.1) is 0 Å². The monoisotopic (exact) mass is 212 g/mol. The number of nitrogens with zero attached hydrogens (tertiary/aromatic N) is 1. The Morgan fingerprint density at radius 2 is 2.13 bits per heavy atom. The molecule has 2 atom stereocenters. The van der Waals surface area contributed by atoms with Gasteiger partial charge in [-0.3, -0.25) is 14.4 Å². The molecule has 0 unspecified atom stereocenters. The van der Waals surface area contributed by atoms with Crippen molar-refractivity contribution in [1.29, 1.82) is 0 Å². The first-order chi connectivity index (χ1) is 7.09. The Bertz CT molecular complexity index is 328. The van der Waals surface area contributed by atoms with Gasteiger partial charge in [0.15, 0.2) is 0 Å². The number of hydrogen-bond donors (Lipinski definition) is 2. The number of hydrogen-bond acceptors (Lipinski definition) is 3. The van der Waals surface area contributed by atoms with Crippen molar-refractivity contribution in [2.75, 3.05) is 19.6 Å². The van der Waals surface area contributed by atoms with Gasteiger partial charge in [0.1, 0.15) is 0 Å². The molecule has 1 saturated carbocycles. The number of carbonyl (C=O) groups excluding carboxylic acids is 2. The quantitative estimate of drug-likeness (QED) is 0.593. The zero-order chi connectivity index (χ0) is 11.0. The van der Waals surface area contributed by atoms with Crippen LogP contribution in [0.15, 0.2) is 0 Å². The van der Waals surface area contributed by atoms with Gasteiger partial charge in [0.2, 0.25) is 11.8 Å². The molecule has 0 bridgehead atoms. The smallest absolute Gasteiger partial charge is 0.307 e. The molecule has 0 spiro atoms. The van der Waals surface area contributed by atoms with E-state index in [1.54, 1.807) is 0 Å². The molecular formula is C9H12N2O4. The minimum atomic E-state index is -0.921. The topological polar surface area (TPSA) is 86.7 Å². The van der Waals surface area contributed by atoms with Gasteiger partial charge >= 0.3 is 5.97 Å². The van der Waals surface area contributed by atoms with Gasteiger partial charge in [-0.2, -0.15) is 0 Å². The summed E-state index contributed by atoms with van der Waals surface area (Å²) in [7, 11) is 0. The Morgan fingerprint density at radius 3 is 2.67 bits per heavy atom. The van der Waals surface area contributed by atoms with Crippen LogP contribution in [0.25, 0.3) is 0 Å². The van der Waals surface area contributed by atoms with Crippen molar-refractivity contribution in [3.8, 4) is 0 Å². The summed E-state index contributed by atoms with van der Waals surface area (Å²) in [4.78, 5) is 34.7. The molecule has 2 aliphatic rings. The number of nitrogens with one attached hydrogen (secondary N) is 1. The Balaban J connectivity index is 1.92. The molecule has 15 heavy (non-hydrogen) atoms. The van der Waals surface area contributed by atoms with Crippen molar-refractivity contribution >= 4 is 17.8 Å². The van der Waals surface area contributed by atoms with Crippen molar-refractivity contribution in [2.45, 2.75) is 6.42 Å². The minimum absolute atomic E-state index is 0.0572. The van der Waals surface area contributed by atoms with E-state index in [4.69, 9.17) is 5.11 Å². The zero-order valence-electron chi connectivity index (χ0n) is 8.10. The molecule has 82 valence electrons. The lowest BCUT2D eigenvalue weighted by molar-refractivity contribution is -0.143. The van der Waals surface area contributed by atoms with Crippen LogP contribution in [0.4, 0.5) is 0 Å². The molecule has 1 heterocycles. The highest BCUT2D eigenvalue weighted by Gasteiger charge is 2.50. The van der Waals surface area contributed by atoms with E-state index in [2.05, 4.69) is 5.32 Å². The Morgan fingerprint density at radius 1 is 1.40 bits per heavy atom. The number of piperazine rings is 1. The third-order valence-electron chi connectivity index (χ3n) is 2.77. The van der Waals surface area contributed by atoms with E-state index in [1.807, 2.05) is 0 Å². The maximum absolute atomic E-state index is 11.7. The number of carbonyl (C=O) groups is 3. The second kappa shape index (κ2) is 3.52. The van der Waals surface area contributed by atoms with Crippen LogP contribution in [-0.2, 0) is 14.4 Å². The van der Waals surface area contributed by atoms with Crippen LogP contribution >= 0.6 is 0 Å². The molecular weight excluding hydrogens is 200 g/mol. The van der Waals surface area contributed by atoms with E-state index in [1.165, 1.54) is 4.90 Å². The summed E-state index contributed by atoms with van der Waals surface area (Å²) in [6.07, 6.45) is 0.409. The first-order valence-corrected chi connectivity index (χ1v) is 4.88. The molecule has 1 saturated heterocycles. The van der Waals surface area contributed by atoms with Crippen LogP contribution in [0.2, 0.25) is 0 Å². The Labute approximate surface area is 86.2 Å². The van der Waals surface area contributed by atoms with E-state index >= 15 is 0 Å². The Kier molecular flexibility index (Phi) is 2.34. The van der Waals surface area contributed by atoms with Crippen molar-refractivity contribution in [1.82, 2.24) is 10.2 Å². The number of carboxylic acids is 1. The number of carboxylic acid groups (broad SMARTS) is 1. The fourth-order valence-corrected chi connectivity index (χ4v) is 1.80. The summed E-state index contributed by atoms with van der Waals surface area (Å²) >= 11 is 0. The van der Waals surface area contributed by atoms with Crippen LogP contribution < -0.4 is 5.32 Å². The van der Waals surface area contributed by atoms with Crippen molar-refractivity contribution in [2.24, 2.45) is 11.8 Å². The maximum Gasteiger partial charge on any atom is 0.307 e. The predicted molar refractivity (Wildman–Crippen MR) is 48.8 cm³/mol. The van der Waals surface area contributed by atoms with E-state index in [0.717, 1.165) is 0 Å². The fourth-order valence-electron chi connectivity index (χ4n) is 1.80. The highest BCUT2D eigenvalue weighted by molar-refractivity contribution is 5.92. The molecule has 2 fully saturated rings. The summed E-state index contributed by atoms with van der Waals surface area (Å²) in [5, 5.41) is 11.3. The number of amides is 2. The third kappa shape index (κ3) is 1.93. The average Bonchev–Trinajstić information content (AvgIpc) is 2.96. The molecule has 1 aliphatic carbocycles. The molecule has 0 aromatic carbocycles. The fraction of sp³-hybridized carbons (Fsp3) is 0.667. The normalized spacial score (nSPS) is 29.6. The van der Waals surface area contributed by atoms with Gasteiger partial charge in [0.25, 0.3) is 0 Å². The van der Waals surface area contributed by atoms with Crippen LogP contribution in [0.3, 0.4) is 0 Å². The van der Waals surface area contributed by atoms with E-state index < -0.39 is 17.8 Å². The molecule has 2 rings (SSSR count). The molecule has 0 radical (unpaired) electrons. The lowest BCUT2D eigenvalue weighted by Crippen LogP contribution is -2.50. The van der Waals surface area contributed by atoms with Gasteiger partial charge in [0.05, 0.1) is 18.4 Å². The van der Waals surface area contributed by atoms with E-state index in [0.29, 0.717) is 19.5 Å². The summed E-state index contributed by atoms with van der Waals surface area (Å²) in [5.41, 5.74) is 0. The van der Waals surface area contributed by atoms with Gasteiger partial charge in [-0.25, -0.2) is 0 Å². The van der Waals surface area contributed by atoms with Gasteiger partial charge < -0.3 is 15.3 Å². The van der Waals surface area contributed by atoms with Crippen molar-refractivity contribution < 1.29 is 19.5 Å². The van der Waals surface area contributed by atoms with Crippen molar-refractivity contribution in [3.63, 3.8) is 0 Å². The summed E-state index contributed by atoms with van der Waals surface area (Å²) < 4.78 is 0. The first kappa shape index (κ1) is 9.95. The molecule has 2 amide bonds. The second-order valence-corrected chi connectivity index (χ2v) is 3.90. The second-order valence-electron chi connectivity index (χ2n) is 3.90. The minimum Gasteiger partial charge on any atom is -0.481 e. The summed E-state index contributed by atoms with van der Waals surface area (Å²) in [5.74, 6) is -2.25. The van der Waals surface area contributed by atoms with E-state index in [-0.39, 0.29) is 18.4 Å². The molecule has 6 nitrogen and oxygen atoms in total. The van der Waals surface area contributed by atoms with Crippen LogP contribution in [0.5, 0.6) is 0 Å². The lowest BCUT2D eigenvalue weighted by Gasteiger charge is -2.26. The molecule has 1 aliphatic heterocycles. The average molecular weight is 212 g/mol. The summed E-state index contributed by atoms with van der Waals surface area (Å²) in [6.45, 7) is 0.990. The largest absolute Gasteiger partial charge is 0.481 e. The molecule has 0 aromatic rings. The molecule has 6 heteroatoms. The first-order valence-electron chi connectivity index (χ1n) is 4.88. The summed E-state index contributed by atoms with van der Waals surface area (Å²) in [6, 6.07) is 0. The predicted octanol–water partition coefficient (Wildman–Crippen LogP) is -1.33. The molecule has 2 N–H and O–H groups in total. The maximum atomic E-state index is 11.7. The standard InChI is InChI=1S/C9H12N2O4/c12-7-4-11(2-1-10-7)8(13)5-3-6(5)9(14)15/h5-6H,1-4H2,(H,10,12)(H,14,15)/t5-,6+/m0/s1. The van der Waals surface area contributed by atoms with Crippen LogP contribution in [-0.4, -0.2) is 47.4 Å². The Hall–Kier alpha value is -1.59. The zero-order valence-corrected chi connectivity index (χ0v) is 8.10. The van der Waals surface area contributed by atoms with Crippen LogP contribution in [0.1, 0.15) is 6.42 Å². The van der Waals surface area contributed by atoms with Crippen LogP contribution in [0, 0.1) is 11.8 Å². The van der Waals surface area contributed by atoms with Gasteiger partial charge in [0, 0.05) is 13.1 Å². The number of aliphatic carboxylic acids is 1.